The number of ether oxygens (including phenoxy) is 1. The number of likely N-dealkylation sites (N-methyl/N-ethyl adjacent to an activating group) is 1. The van der Waals surface area contributed by atoms with Gasteiger partial charge in [0.25, 0.3) is 11.8 Å². The number of amides is 1. The van der Waals surface area contributed by atoms with Crippen LogP contribution in [0.25, 0.3) is 6.08 Å². The van der Waals surface area contributed by atoms with Crippen molar-refractivity contribution in [2.24, 2.45) is 0 Å². The monoisotopic (exact) mass is 381 g/mol. The molecule has 5 nitrogen and oxygen atoms in total. The number of hydrogen-bond acceptors (Lipinski definition) is 6. The third kappa shape index (κ3) is 3.55. The van der Waals surface area contributed by atoms with Crippen LogP contribution in [0.15, 0.2) is 35.4 Å². The maximum Gasteiger partial charge on any atom is 0.265 e. The summed E-state index contributed by atoms with van der Waals surface area (Å²) in [5.74, 6) is -0.807. The molecule has 24 heavy (non-hydrogen) atoms. The quantitative estimate of drug-likeness (QED) is 0.456. The molecule has 1 saturated heterocycles. The summed E-state index contributed by atoms with van der Waals surface area (Å²) in [7, 11) is 1.62. The zero-order valence-electron chi connectivity index (χ0n) is 12.2. The molecule has 2 heterocycles. The van der Waals surface area contributed by atoms with Crippen molar-refractivity contribution in [2.75, 3.05) is 7.05 Å². The first-order valence-corrected chi connectivity index (χ1v) is 8.22. The molecule has 0 atom stereocenters. The maximum absolute atomic E-state index is 13.6. The Morgan fingerprint density at radius 3 is 2.96 bits per heavy atom. The van der Waals surface area contributed by atoms with Crippen molar-refractivity contribution in [3.63, 3.8) is 0 Å². The Hall–Kier alpha value is -2.03. The summed E-state index contributed by atoms with van der Waals surface area (Å²) < 4.78 is 19.5. The summed E-state index contributed by atoms with van der Waals surface area (Å²) in [6.45, 7) is 0. The lowest BCUT2D eigenvalue weighted by atomic mass is 10.2. The van der Waals surface area contributed by atoms with Gasteiger partial charge in [0.05, 0.1) is 11.1 Å². The number of thiocarbonyl (C=S) groups is 1. The molecule has 1 aliphatic heterocycles. The molecule has 0 unspecified atom stereocenters. The van der Waals surface area contributed by atoms with E-state index in [4.69, 9.17) is 28.6 Å². The lowest BCUT2D eigenvalue weighted by Crippen LogP contribution is -2.22. The van der Waals surface area contributed by atoms with E-state index < -0.39 is 5.82 Å². The number of nitrogens with zero attached hydrogens (tertiary/aromatic N) is 3. The Balaban J connectivity index is 1.86. The number of carbonyl (C=O) groups is 1. The molecule has 1 fully saturated rings. The highest BCUT2D eigenvalue weighted by atomic mass is 35.5. The van der Waals surface area contributed by atoms with E-state index in [1.807, 2.05) is 0 Å². The van der Waals surface area contributed by atoms with Crippen LogP contribution in [0.4, 0.5) is 4.39 Å². The van der Waals surface area contributed by atoms with E-state index in [1.165, 1.54) is 16.7 Å². The molecule has 0 aliphatic carbocycles. The van der Waals surface area contributed by atoms with Gasteiger partial charge >= 0.3 is 0 Å². The van der Waals surface area contributed by atoms with E-state index in [9.17, 15) is 9.18 Å². The number of halogens is 2. The molecule has 9 heteroatoms. The lowest BCUT2D eigenvalue weighted by Gasteiger charge is -2.06. The van der Waals surface area contributed by atoms with Crippen LogP contribution in [0.5, 0.6) is 11.6 Å². The molecule has 0 radical (unpaired) electrons. The molecule has 3 rings (SSSR count). The van der Waals surface area contributed by atoms with Crippen molar-refractivity contribution in [3.8, 4) is 11.6 Å². The van der Waals surface area contributed by atoms with E-state index in [0.29, 0.717) is 20.5 Å². The maximum atomic E-state index is 13.6. The molecule has 1 aliphatic rings. The molecule has 1 amide bonds. The minimum atomic E-state index is -0.725. The second-order valence-electron chi connectivity index (χ2n) is 4.71. The predicted molar refractivity (Wildman–Crippen MR) is 94.5 cm³/mol. The minimum Gasteiger partial charge on any atom is -0.436 e. The zero-order valence-corrected chi connectivity index (χ0v) is 14.6. The molecule has 0 saturated carbocycles. The van der Waals surface area contributed by atoms with Crippen molar-refractivity contribution < 1.29 is 13.9 Å². The largest absolute Gasteiger partial charge is 0.436 e. The van der Waals surface area contributed by atoms with Gasteiger partial charge < -0.3 is 4.74 Å². The summed E-state index contributed by atoms with van der Waals surface area (Å²) >= 11 is 11.9. The van der Waals surface area contributed by atoms with Crippen LogP contribution in [0.3, 0.4) is 0 Å². The Kier molecular flexibility index (Phi) is 4.79. The fourth-order valence-corrected chi connectivity index (χ4v) is 3.18. The van der Waals surface area contributed by atoms with Crippen molar-refractivity contribution in [1.29, 1.82) is 0 Å². The Morgan fingerprint density at radius 2 is 2.25 bits per heavy atom. The molecule has 0 bridgehead atoms. The van der Waals surface area contributed by atoms with Gasteiger partial charge in [-0.2, -0.15) is 9.37 Å². The molecule has 2 aromatic rings. The van der Waals surface area contributed by atoms with Crippen LogP contribution < -0.4 is 4.74 Å². The van der Waals surface area contributed by atoms with Gasteiger partial charge in [-0.25, -0.2) is 4.98 Å². The molecule has 0 spiro atoms. The fraction of sp³-hybridized carbons (Fsp3) is 0.0667. The van der Waals surface area contributed by atoms with Gasteiger partial charge in [-0.1, -0.05) is 36.1 Å². The Labute approximate surface area is 151 Å². The van der Waals surface area contributed by atoms with Crippen LogP contribution in [-0.4, -0.2) is 32.1 Å². The van der Waals surface area contributed by atoms with Gasteiger partial charge in [0.15, 0.2) is 0 Å². The number of benzene rings is 1. The third-order valence-electron chi connectivity index (χ3n) is 3.04. The molecule has 0 N–H and O–H groups in total. The van der Waals surface area contributed by atoms with Crippen LogP contribution in [0.2, 0.25) is 5.28 Å². The predicted octanol–water partition coefficient (Wildman–Crippen LogP) is 3.89. The highest BCUT2D eigenvalue weighted by Crippen LogP contribution is 2.32. The van der Waals surface area contributed by atoms with Crippen LogP contribution >= 0.6 is 35.6 Å². The molecular weight excluding hydrogens is 373 g/mol. The van der Waals surface area contributed by atoms with E-state index in [-0.39, 0.29) is 17.1 Å². The van der Waals surface area contributed by atoms with Gasteiger partial charge in [-0.15, -0.1) is 0 Å². The van der Waals surface area contributed by atoms with Crippen LogP contribution in [-0.2, 0) is 4.79 Å². The van der Waals surface area contributed by atoms with E-state index >= 15 is 0 Å². The smallest absolute Gasteiger partial charge is 0.265 e. The molecular formula is C15H9ClFN3O2S2. The molecule has 1 aromatic carbocycles. The first-order chi connectivity index (χ1) is 11.4. The van der Waals surface area contributed by atoms with Crippen molar-refractivity contribution in [3.05, 3.63) is 52.0 Å². The van der Waals surface area contributed by atoms with Gasteiger partial charge in [-0.05, 0) is 35.4 Å². The normalized spacial score (nSPS) is 16.1. The average molecular weight is 382 g/mol. The summed E-state index contributed by atoms with van der Waals surface area (Å²) in [6.07, 6.45) is 2.63. The standard InChI is InChI=1S/C15H9ClFN3O2S2/c1-20-13(21)11(24-15(20)23)6-8-3-2-4-9(5-8)22-12-10(17)7-18-14(16)19-12/h2-7H,1H3/b11-6-. The van der Waals surface area contributed by atoms with Gasteiger partial charge in [0, 0.05) is 7.05 Å². The van der Waals surface area contributed by atoms with E-state index in [2.05, 4.69) is 9.97 Å². The second-order valence-corrected chi connectivity index (χ2v) is 6.72. The summed E-state index contributed by atoms with van der Waals surface area (Å²) in [5.41, 5.74) is 0.710. The van der Waals surface area contributed by atoms with Crippen molar-refractivity contribution in [1.82, 2.24) is 14.9 Å². The lowest BCUT2D eigenvalue weighted by molar-refractivity contribution is -0.121. The molecule has 1 aromatic heterocycles. The first kappa shape index (κ1) is 16.8. The highest BCUT2D eigenvalue weighted by Gasteiger charge is 2.28. The van der Waals surface area contributed by atoms with Gasteiger partial charge in [0.1, 0.15) is 10.1 Å². The number of rotatable bonds is 3. The topological polar surface area (TPSA) is 55.3 Å². The van der Waals surface area contributed by atoms with Crippen molar-refractivity contribution in [2.45, 2.75) is 0 Å². The Bertz CT molecular complexity index is 876. The minimum absolute atomic E-state index is 0.117. The van der Waals surface area contributed by atoms with E-state index in [1.54, 1.807) is 37.4 Å². The van der Waals surface area contributed by atoms with Gasteiger partial charge in [0.2, 0.25) is 11.1 Å². The number of hydrogen-bond donors (Lipinski definition) is 0. The van der Waals surface area contributed by atoms with Crippen LogP contribution in [0.1, 0.15) is 5.56 Å². The third-order valence-corrected chi connectivity index (χ3v) is 4.71. The highest BCUT2D eigenvalue weighted by molar-refractivity contribution is 8.26. The van der Waals surface area contributed by atoms with Crippen LogP contribution in [0, 0.1) is 5.82 Å². The SMILES string of the molecule is CN1C(=O)/C(=C/c2cccc(Oc3nc(Cl)ncc3F)c2)SC1=S. The first-order valence-electron chi connectivity index (χ1n) is 6.61. The van der Waals surface area contributed by atoms with Crippen molar-refractivity contribution >= 4 is 51.9 Å². The fourth-order valence-electron chi connectivity index (χ4n) is 1.88. The number of carbonyl (C=O) groups excluding carboxylic acids is 1. The summed E-state index contributed by atoms with van der Waals surface area (Å²) in [6, 6.07) is 6.79. The summed E-state index contributed by atoms with van der Waals surface area (Å²) in [4.78, 5) is 21.1. The zero-order chi connectivity index (χ0) is 17.3. The number of thioether (sulfide) groups is 1. The van der Waals surface area contributed by atoms with Gasteiger partial charge in [-0.3, -0.25) is 9.69 Å². The number of aromatic nitrogens is 2. The average Bonchev–Trinajstić information content (AvgIpc) is 2.78. The Morgan fingerprint density at radius 1 is 1.46 bits per heavy atom. The van der Waals surface area contributed by atoms with E-state index in [0.717, 1.165) is 6.20 Å². The summed E-state index contributed by atoms with van der Waals surface area (Å²) in [5, 5.41) is -0.117. The second kappa shape index (κ2) is 6.84. The molecule has 122 valence electrons.